The van der Waals surface area contributed by atoms with Gasteiger partial charge in [-0.15, -0.1) is 5.06 Å². The molecule has 1 saturated heterocycles. The minimum atomic E-state index is 0.197. The SMILES string of the molecule is Cc1ccc(ON2CCC(Oc3ccccc3)C2)cc1. The molecule has 1 heterocycles. The molecule has 0 aliphatic carbocycles. The fourth-order valence-corrected chi connectivity index (χ4v) is 2.32. The van der Waals surface area contributed by atoms with E-state index in [0.717, 1.165) is 31.0 Å². The third kappa shape index (κ3) is 3.31. The summed E-state index contributed by atoms with van der Waals surface area (Å²) in [7, 11) is 0. The van der Waals surface area contributed by atoms with Crippen LogP contribution in [0.1, 0.15) is 12.0 Å². The van der Waals surface area contributed by atoms with E-state index in [0.29, 0.717) is 0 Å². The number of para-hydroxylation sites is 1. The quantitative estimate of drug-likeness (QED) is 0.848. The molecule has 0 radical (unpaired) electrons. The zero-order valence-corrected chi connectivity index (χ0v) is 11.7. The number of hydrogen-bond donors (Lipinski definition) is 0. The molecule has 1 fully saturated rings. The molecule has 20 heavy (non-hydrogen) atoms. The summed E-state index contributed by atoms with van der Waals surface area (Å²) in [5.74, 6) is 1.81. The van der Waals surface area contributed by atoms with Crippen LogP contribution in [-0.2, 0) is 0 Å². The summed E-state index contributed by atoms with van der Waals surface area (Å²) in [4.78, 5) is 5.85. The van der Waals surface area contributed by atoms with Crippen molar-refractivity contribution in [2.75, 3.05) is 13.1 Å². The molecule has 1 aliphatic rings. The summed E-state index contributed by atoms with van der Waals surface area (Å²) < 4.78 is 5.94. The number of rotatable bonds is 4. The van der Waals surface area contributed by atoms with Gasteiger partial charge in [-0.05, 0) is 31.2 Å². The lowest BCUT2D eigenvalue weighted by Gasteiger charge is -2.17. The lowest BCUT2D eigenvalue weighted by molar-refractivity contribution is -0.0424. The maximum atomic E-state index is 5.94. The lowest BCUT2D eigenvalue weighted by atomic mass is 10.2. The van der Waals surface area contributed by atoms with Crippen LogP contribution in [0.25, 0.3) is 0 Å². The van der Waals surface area contributed by atoms with Gasteiger partial charge in [-0.2, -0.15) is 0 Å². The van der Waals surface area contributed by atoms with Gasteiger partial charge in [-0.1, -0.05) is 35.9 Å². The molecule has 1 aliphatic heterocycles. The first-order chi connectivity index (χ1) is 9.79. The summed E-state index contributed by atoms with van der Waals surface area (Å²) in [6.07, 6.45) is 1.18. The molecular formula is C17H19NO2. The summed E-state index contributed by atoms with van der Waals surface area (Å²) in [6, 6.07) is 18.1. The normalized spacial score (nSPS) is 18.9. The van der Waals surface area contributed by atoms with Crippen molar-refractivity contribution < 1.29 is 9.57 Å². The van der Waals surface area contributed by atoms with Crippen LogP contribution in [0.4, 0.5) is 0 Å². The van der Waals surface area contributed by atoms with Crippen LogP contribution in [0.5, 0.6) is 11.5 Å². The van der Waals surface area contributed by atoms with Crippen LogP contribution in [0, 0.1) is 6.92 Å². The molecule has 0 aromatic heterocycles. The Morgan fingerprint density at radius 2 is 1.70 bits per heavy atom. The number of ether oxygens (including phenoxy) is 1. The van der Waals surface area contributed by atoms with E-state index >= 15 is 0 Å². The van der Waals surface area contributed by atoms with E-state index in [1.165, 1.54) is 5.56 Å². The molecule has 104 valence electrons. The molecule has 0 N–H and O–H groups in total. The van der Waals surface area contributed by atoms with Crippen molar-refractivity contribution in [3.63, 3.8) is 0 Å². The molecule has 2 aromatic carbocycles. The van der Waals surface area contributed by atoms with Crippen molar-refractivity contribution in [1.29, 1.82) is 0 Å². The van der Waals surface area contributed by atoms with Gasteiger partial charge >= 0.3 is 0 Å². The minimum absolute atomic E-state index is 0.197. The van der Waals surface area contributed by atoms with E-state index in [2.05, 4.69) is 19.1 Å². The molecule has 3 rings (SSSR count). The average molecular weight is 269 g/mol. The molecule has 0 saturated carbocycles. The molecule has 3 nitrogen and oxygen atoms in total. The van der Waals surface area contributed by atoms with Gasteiger partial charge < -0.3 is 9.57 Å². The maximum absolute atomic E-state index is 5.94. The van der Waals surface area contributed by atoms with E-state index in [1.807, 2.05) is 47.5 Å². The van der Waals surface area contributed by atoms with Crippen molar-refractivity contribution in [1.82, 2.24) is 5.06 Å². The highest BCUT2D eigenvalue weighted by molar-refractivity contribution is 5.26. The predicted molar refractivity (Wildman–Crippen MR) is 78.9 cm³/mol. The van der Waals surface area contributed by atoms with Gasteiger partial charge in [0.2, 0.25) is 0 Å². The molecule has 1 unspecified atom stereocenters. The number of hydroxylamine groups is 2. The molecule has 0 amide bonds. The van der Waals surface area contributed by atoms with E-state index in [-0.39, 0.29) is 6.10 Å². The lowest BCUT2D eigenvalue weighted by Crippen LogP contribution is -2.27. The van der Waals surface area contributed by atoms with Crippen LogP contribution in [-0.4, -0.2) is 24.3 Å². The molecule has 0 spiro atoms. The number of hydrogen-bond acceptors (Lipinski definition) is 3. The van der Waals surface area contributed by atoms with Crippen molar-refractivity contribution in [2.45, 2.75) is 19.4 Å². The van der Waals surface area contributed by atoms with Gasteiger partial charge in [0.25, 0.3) is 0 Å². The molecule has 2 aromatic rings. The van der Waals surface area contributed by atoms with E-state index in [1.54, 1.807) is 0 Å². The second-order valence-electron chi connectivity index (χ2n) is 5.13. The zero-order chi connectivity index (χ0) is 13.8. The fraction of sp³-hybridized carbons (Fsp3) is 0.294. The maximum Gasteiger partial charge on any atom is 0.147 e. The minimum Gasteiger partial charge on any atom is -0.489 e. The Hall–Kier alpha value is -2.00. The monoisotopic (exact) mass is 269 g/mol. The third-order valence-electron chi connectivity index (χ3n) is 3.41. The highest BCUT2D eigenvalue weighted by Crippen LogP contribution is 2.20. The number of nitrogens with zero attached hydrogens (tertiary/aromatic N) is 1. The van der Waals surface area contributed by atoms with Gasteiger partial charge in [0.05, 0.1) is 6.54 Å². The predicted octanol–water partition coefficient (Wildman–Crippen LogP) is 3.44. The first kappa shape index (κ1) is 13.0. The standard InChI is InChI=1S/C17H19NO2/c1-14-7-9-16(10-8-14)20-18-12-11-17(13-18)19-15-5-3-2-4-6-15/h2-10,17H,11-13H2,1H3. The Balaban J connectivity index is 1.53. The van der Waals surface area contributed by atoms with Crippen LogP contribution in [0.2, 0.25) is 0 Å². The molecular weight excluding hydrogens is 250 g/mol. The van der Waals surface area contributed by atoms with Gasteiger partial charge in [0, 0.05) is 13.0 Å². The van der Waals surface area contributed by atoms with Crippen molar-refractivity contribution in [3.8, 4) is 11.5 Å². The smallest absolute Gasteiger partial charge is 0.147 e. The van der Waals surface area contributed by atoms with E-state index in [4.69, 9.17) is 9.57 Å². The van der Waals surface area contributed by atoms with Crippen LogP contribution < -0.4 is 9.57 Å². The van der Waals surface area contributed by atoms with Gasteiger partial charge in [-0.25, -0.2) is 0 Å². The van der Waals surface area contributed by atoms with Crippen molar-refractivity contribution in [2.24, 2.45) is 0 Å². The third-order valence-corrected chi connectivity index (χ3v) is 3.41. The zero-order valence-electron chi connectivity index (χ0n) is 11.7. The van der Waals surface area contributed by atoms with Crippen LogP contribution >= 0.6 is 0 Å². The Bertz CT molecular complexity index is 539. The Kier molecular flexibility index (Phi) is 3.88. The summed E-state index contributed by atoms with van der Waals surface area (Å²) in [5.41, 5.74) is 1.24. The highest BCUT2D eigenvalue weighted by atomic mass is 16.7. The number of benzene rings is 2. The first-order valence-corrected chi connectivity index (χ1v) is 7.01. The Labute approximate surface area is 119 Å². The van der Waals surface area contributed by atoms with Gasteiger partial charge in [0.1, 0.15) is 17.6 Å². The second kappa shape index (κ2) is 5.97. The second-order valence-corrected chi connectivity index (χ2v) is 5.13. The van der Waals surface area contributed by atoms with E-state index < -0.39 is 0 Å². The topological polar surface area (TPSA) is 21.7 Å². The molecule has 3 heteroatoms. The fourth-order valence-electron chi connectivity index (χ4n) is 2.32. The molecule has 1 atom stereocenters. The van der Waals surface area contributed by atoms with Crippen molar-refractivity contribution >= 4 is 0 Å². The Morgan fingerprint density at radius 3 is 2.45 bits per heavy atom. The first-order valence-electron chi connectivity index (χ1n) is 7.01. The van der Waals surface area contributed by atoms with Gasteiger partial charge in [0.15, 0.2) is 0 Å². The van der Waals surface area contributed by atoms with Gasteiger partial charge in [-0.3, -0.25) is 0 Å². The average Bonchev–Trinajstić information content (AvgIpc) is 2.90. The van der Waals surface area contributed by atoms with Crippen LogP contribution in [0.3, 0.4) is 0 Å². The van der Waals surface area contributed by atoms with E-state index in [9.17, 15) is 0 Å². The Morgan fingerprint density at radius 1 is 0.950 bits per heavy atom. The summed E-state index contributed by atoms with van der Waals surface area (Å²) in [5, 5.41) is 1.97. The molecule has 0 bridgehead atoms. The van der Waals surface area contributed by atoms with Crippen molar-refractivity contribution in [3.05, 3.63) is 60.2 Å². The summed E-state index contributed by atoms with van der Waals surface area (Å²) in [6.45, 7) is 3.76. The highest BCUT2D eigenvalue weighted by Gasteiger charge is 2.25. The largest absolute Gasteiger partial charge is 0.489 e. The summed E-state index contributed by atoms with van der Waals surface area (Å²) >= 11 is 0. The van der Waals surface area contributed by atoms with Crippen LogP contribution in [0.15, 0.2) is 54.6 Å². The number of aryl methyl sites for hydroxylation is 1.